The second kappa shape index (κ2) is 8.30. The van der Waals surface area contributed by atoms with Gasteiger partial charge in [-0.2, -0.15) is 0 Å². The number of carboxylic acids is 1. The van der Waals surface area contributed by atoms with Gasteiger partial charge in [0.2, 0.25) is 0 Å². The molecule has 0 amide bonds. The largest absolute Gasteiger partial charge is 0.481 e. The van der Waals surface area contributed by atoms with Crippen molar-refractivity contribution < 1.29 is 28.5 Å². The summed E-state index contributed by atoms with van der Waals surface area (Å²) in [5.41, 5.74) is 4.45. The molecule has 0 aromatic heterocycles. The van der Waals surface area contributed by atoms with E-state index in [1.165, 1.54) is 0 Å². The smallest absolute Gasteiger partial charge is 0.348 e. The average Bonchev–Trinajstić information content (AvgIpc) is 2.57. The zero-order valence-electron chi connectivity index (χ0n) is 12.1. The molecular formula is C15H16ClNO6. The van der Waals surface area contributed by atoms with Gasteiger partial charge >= 0.3 is 17.9 Å². The Kier molecular flexibility index (Phi) is 6.74. The molecule has 0 fully saturated rings. The van der Waals surface area contributed by atoms with E-state index < -0.39 is 35.8 Å². The van der Waals surface area contributed by atoms with E-state index in [1.54, 1.807) is 30.3 Å². The first kappa shape index (κ1) is 18.7. The third kappa shape index (κ3) is 5.08. The molecule has 0 heterocycles. The Morgan fingerprint density at radius 2 is 1.96 bits per heavy atom. The normalized spacial score (nSPS) is 14.2. The molecule has 0 spiro atoms. The van der Waals surface area contributed by atoms with Crippen molar-refractivity contribution in [2.24, 2.45) is 11.7 Å². The van der Waals surface area contributed by atoms with Gasteiger partial charge in [0.1, 0.15) is 24.0 Å². The Bertz CT molecular complexity index is 591. The monoisotopic (exact) mass is 341 g/mol. The van der Waals surface area contributed by atoms with Crippen molar-refractivity contribution in [3.8, 4) is 0 Å². The fourth-order valence-corrected chi connectivity index (χ4v) is 1.90. The number of carbonyl (C=O) groups excluding carboxylic acids is 2. The first-order valence-electron chi connectivity index (χ1n) is 6.53. The topological polar surface area (TPSA) is 116 Å². The number of rotatable bonds is 8. The molecule has 0 aliphatic carbocycles. The van der Waals surface area contributed by atoms with E-state index in [2.05, 4.69) is 10.9 Å². The maximum Gasteiger partial charge on any atom is 0.348 e. The van der Waals surface area contributed by atoms with E-state index in [-0.39, 0.29) is 6.61 Å². The van der Waals surface area contributed by atoms with Gasteiger partial charge in [0, 0.05) is 6.42 Å². The highest BCUT2D eigenvalue weighted by atomic mass is 35.5. The van der Waals surface area contributed by atoms with Gasteiger partial charge < -0.3 is 19.9 Å². The average molecular weight is 342 g/mol. The lowest BCUT2D eigenvalue weighted by Crippen LogP contribution is -2.50. The van der Waals surface area contributed by atoms with Crippen LogP contribution in [0.2, 0.25) is 0 Å². The van der Waals surface area contributed by atoms with Gasteiger partial charge in [-0.15, -0.1) is 6.58 Å². The fraction of sp³-hybridized carbons (Fsp3) is 0.267. The minimum Gasteiger partial charge on any atom is -0.481 e. The summed E-state index contributed by atoms with van der Waals surface area (Å²) in [5, 5.41) is 9.18. The highest BCUT2D eigenvalue weighted by Crippen LogP contribution is 2.21. The Morgan fingerprint density at radius 1 is 1.35 bits per heavy atom. The predicted octanol–water partition coefficient (Wildman–Crippen LogP) is 1.40. The lowest BCUT2D eigenvalue weighted by atomic mass is 9.88. The second-order valence-corrected chi connectivity index (χ2v) is 4.95. The number of hydrogen-bond donors (Lipinski definition) is 2. The summed E-state index contributed by atoms with van der Waals surface area (Å²) in [7, 11) is 0. The minimum absolute atomic E-state index is 0.102. The van der Waals surface area contributed by atoms with E-state index in [0.717, 1.165) is 6.08 Å². The number of hydrogen-bond acceptors (Lipinski definition) is 6. The van der Waals surface area contributed by atoms with E-state index in [0.29, 0.717) is 5.56 Å². The zero-order valence-corrected chi connectivity index (χ0v) is 12.9. The maximum atomic E-state index is 12.0. The van der Waals surface area contributed by atoms with Crippen LogP contribution >= 0.6 is 11.9 Å². The van der Waals surface area contributed by atoms with Crippen LogP contribution in [-0.2, 0) is 30.0 Å². The van der Waals surface area contributed by atoms with Gasteiger partial charge in [0.05, 0.1) is 0 Å². The van der Waals surface area contributed by atoms with Crippen molar-refractivity contribution in [2.75, 3.05) is 0 Å². The van der Waals surface area contributed by atoms with Crippen LogP contribution in [0.15, 0.2) is 43.0 Å². The molecule has 3 N–H and O–H groups in total. The number of esters is 1. The Morgan fingerprint density at radius 3 is 2.43 bits per heavy atom. The van der Waals surface area contributed by atoms with Gasteiger partial charge in [-0.05, 0) is 5.56 Å². The molecule has 1 aromatic carbocycles. The van der Waals surface area contributed by atoms with Crippen molar-refractivity contribution in [3.05, 3.63) is 48.6 Å². The van der Waals surface area contributed by atoms with Crippen LogP contribution in [0.25, 0.3) is 0 Å². The van der Waals surface area contributed by atoms with E-state index in [4.69, 9.17) is 22.3 Å². The summed E-state index contributed by atoms with van der Waals surface area (Å²) >= 11 is 4.96. The molecule has 0 aliphatic heterocycles. The Hall–Kier alpha value is -2.38. The Balaban J connectivity index is 2.81. The predicted molar refractivity (Wildman–Crippen MR) is 81.0 cm³/mol. The molecule has 7 nitrogen and oxygen atoms in total. The van der Waals surface area contributed by atoms with Crippen molar-refractivity contribution >= 4 is 29.8 Å². The molecule has 1 aromatic rings. The lowest BCUT2D eigenvalue weighted by Gasteiger charge is -2.24. The highest BCUT2D eigenvalue weighted by molar-refractivity contribution is 6.14. The van der Waals surface area contributed by atoms with Gasteiger partial charge in [0.15, 0.2) is 5.92 Å². The SMILES string of the molecule is C=CC(N)(CC(C(=O)O)C(=O)OCc1ccccc1)C(=O)OCl. The molecule has 124 valence electrons. The quantitative estimate of drug-likeness (QED) is 0.417. The molecule has 1 rings (SSSR count). The van der Waals surface area contributed by atoms with Crippen LogP contribution in [0.5, 0.6) is 0 Å². The minimum atomic E-state index is -1.92. The number of aliphatic carboxylic acids is 1. The number of halogens is 1. The number of benzene rings is 1. The molecule has 0 bridgehead atoms. The third-order valence-electron chi connectivity index (χ3n) is 3.16. The second-order valence-electron chi connectivity index (χ2n) is 4.80. The van der Waals surface area contributed by atoms with Gasteiger partial charge in [-0.3, -0.25) is 9.59 Å². The van der Waals surface area contributed by atoms with E-state index in [9.17, 15) is 19.5 Å². The summed E-state index contributed by atoms with van der Waals surface area (Å²) in [5.74, 6) is -5.30. The number of ether oxygens (including phenoxy) is 1. The molecule has 2 atom stereocenters. The Labute approximate surface area is 137 Å². The maximum absolute atomic E-state index is 12.0. The van der Waals surface area contributed by atoms with Crippen molar-refractivity contribution in [2.45, 2.75) is 18.6 Å². The molecule has 8 heteroatoms. The van der Waals surface area contributed by atoms with E-state index >= 15 is 0 Å². The highest BCUT2D eigenvalue weighted by Gasteiger charge is 2.41. The molecule has 23 heavy (non-hydrogen) atoms. The van der Waals surface area contributed by atoms with Gasteiger partial charge in [0.25, 0.3) is 0 Å². The van der Waals surface area contributed by atoms with Gasteiger partial charge in [-0.25, -0.2) is 4.79 Å². The number of carboxylic acid groups (broad SMARTS) is 1. The van der Waals surface area contributed by atoms with Crippen LogP contribution < -0.4 is 5.73 Å². The van der Waals surface area contributed by atoms with Crippen molar-refractivity contribution in [3.63, 3.8) is 0 Å². The van der Waals surface area contributed by atoms with Crippen molar-refractivity contribution in [1.29, 1.82) is 0 Å². The first-order valence-corrected chi connectivity index (χ1v) is 6.83. The fourth-order valence-electron chi connectivity index (χ4n) is 1.76. The molecule has 0 saturated carbocycles. The summed E-state index contributed by atoms with van der Waals surface area (Å²) < 4.78 is 8.95. The molecule has 2 unspecified atom stereocenters. The molecular weight excluding hydrogens is 326 g/mol. The lowest BCUT2D eigenvalue weighted by molar-refractivity contribution is -0.160. The van der Waals surface area contributed by atoms with Gasteiger partial charge in [-0.1, -0.05) is 36.4 Å². The summed E-state index contributed by atoms with van der Waals surface area (Å²) in [6.45, 7) is 3.24. The van der Waals surface area contributed by atoms with Crippen molar-refractivity contribution in [1.82, 2.24) is 0 Å². The number of nitrogens with two attached hydrogens (primary N) is 1. The van der Waals surface area contributed by atoms with Crippen LogP contribution in [0.1, 0.15) is 12.0 Å². The first-order chi connectivity index (χ1) is 10.8. The standard InChI is InChI=1S/C15H16ClNO6/c1-2-15(17,14(21)23-16)8-11(12(18)19)13(20)22-9-10-6-4-3-5-7-10/h2-7,11H,1,8-9,17H2,(H,18,19). The van der Waals surface area contributed by atoms with E-state index in [1.807, 2.05) is 0 Å². The molecule has 0 aliphatic rings. The molecule has 0 radical (unpaired) electrons. The molecule has 0 saturated heterocycles. The van der Waals surface area contributed by atoms with Crippen LogP contribution in [0.3, 0.4) is 0 Å². The third-order valence-corrected chi connectivity index (χ3v) is 3.30. The van der Waals surface area contributed by atoms with Crippen LogP contribution in [0.4, 0.5) is 0 Å². The van der Waals surface area contributed by atoms with Crippen LogP contribution in [0, 0.1) is 5.92 Å². The summed E-state index contributed by atoms with van der Waals surface area (Å²) in [4.78, 5) is 34.8. The number of carbonyl (C=O) groups is 3. The zero-order chi connectivity index (χ0) is 17.5. The summed E-state index contributed by atoms with van der Waals surface area (Å²) in [6, 6.07) is 8.71. The summed E-state index contributed by atoms with van der Waals surface area (Å²) in [6.07, 6.45) is 0.378. The van der Waals surface area contributed by atoms with Crippen LogP contribution in [-0.4, -0.2) is 28.6 Å².